The maximum atomic E-state index is 11.9. The molecule has 1 fully saturated rings. The van der Waals surface area contributed by atoms with Crippen LogP contribution in [0.15, 0.2) is 0 Å². The van der Waals surface area contributed by atoms with Crippen LogP contribution in [0.3, 0.4) is 0 Å². The van der Waals surface area contributed by atoms with Gasteiger partial charge in [0.25, 0.3) is 0 Å². The molecule has 0 aromatic carbocycles. The lowest BCUT2D eigenvalue weighted by Gasteiger charge is -2.32. The Labute approximate surface area is 122 Å². The van der Waals surface area contributed by atoms with E-state index in [0.29, 0.717) is 13.0 Å². The van der Waals surface area contributed by atoms with Crippen molar-refractivity contribution in [3.05, 3.63) is 0 Å². The molecule has 1 aliphatic heterocycles. The Balaban J connectivity index is 2.72. The summed E-state index contributed by atoms with van der Waals surface area (Å²) in [4.78, 5) is 9.76. The first-order chi connectivity index (χ1) is 9.04. The fraction of sp³-hybridized carbons (Fsp3) is 1.00. The van der Waals surface area contributed by atoms with Crippen molar-refractivity contribution in [2.75, 3.05) is 6.61 Å². The molecule has 0 radical (unpaired) electrons. The molecule has 6 nitrogen and oxygen atoms in total. The predicted molar refractivity (Wildman–Crippen MR) is 78.4 cm³/mol. The number of ether oxygens (including phenoxy) is 2. The average Bonchev–Trinajstić information content (AvgIpc) is 2.48. The highest BCUT2D eigenvalue weighted by molar-refractivity contribution is 7.47. The summed E-state index contributed by atoms with van der Waals surface area (Å²) in [6, 6.07) is -0.0557. The van der Waals surface area contributed by atoms with E-state index in [2.05, 4.69) is 0 Å². The summed E-state index contributed by atoms with van der Waals surface area (Å²) in [5.74, 6) is 0. The lowest BCUT2D eigenvalue weighted by Crippen LogP contribution is -2.43. The first kappa shape index (κ1) is 18.1. The maximum absolute atomic E-state index is 11.9. The Morgan fingerprint density at radius 1 is 1.40 bits per heavy atom. The molecule has 20 heavy (non-hydrogen) atoms. The molecule has 1 heterocycles. The van der Waals surface area contributed by atoms with Crippen LogP contribution in [-0.4, -0.2) is 49.3 Å². The van der Waals surface area contributed by atoms with Crippen LogP contribution in [0.1, 0.15) is 41.0 Å². The van der Waals surface area contributed by atoms with E-state index in [1.165, 1.54) is 0 Å². The van der Waals surface area contributed by atoms with Crippen LogP contribution in [0.25, 0.3) is 0 Å². The van der Waals surface area contributed by atoms with Gasteiger partial charge in [0, 0.05) is 6.00 Å². The Kier molecular flexibility index (Phi) is 6.26. The highest BCUT2D eigenvalue weighted by Crippen LogP contribution is 2.50. The van der Waals surface area contributed by atoms with Gasteiger partial charge in [0.05, 0.1) is 18.8 Å². The minimum Gasteiger partial charge on any atom is -0.376 e. The highest BCUT2D eigenvalue weighted by Gasteiger charge is 2.48. The Morgan fingerprint density at radius 3 is 2.50 bits per heavy atom. The Bertz CT molecular complexity index is 364. The molecule has 1 rings (SSSR count). The summed E-state index contributed by atoms with van der Waals surface area (Å²) in [5, 5.41) is 0. The standard InChI is InChI=1S/C12H26BO6P/c1-8(2)16-7-12(5)10(6-11(13)17-12)19-20(14,15)18-9(3)4/h8-11H,6-7,13H2,1-5H3,(H,14,15)/t10-,11+,12+/m0/s1. The minimum absolute atomic E-state index is 0.0554. The van der Waals surface area contributed by atoms with Crippen LogP contribution in [0.5, 0.6) is 0 Å². The molecule has 1 aliphatic rings. The summed E-state index contributed by atoms with van der Waals surface area (Å²) >= 11 is 0. The average molecular weight is 308 g/mol. The van der Waals surface area contributed by atoms with Gasteiger partial charge in [0.1, 0.15) is 19.6 Å². The second kappa shape index (κ2) is 6.90. The van der Waals surface area contributed by atoms with E-state index in [1.807, 2.05) is 28.6 Å². The topological polar surface area (TPSA) is 74.2 Å². The van der Waals surface area contributed by atoms with E-state index in [9.17, 15) is 9.46 Å². The van der Waals surface area contributed by atoms with Gasteiger partial charge in [-0.2, -0.15) is 0 Å². The van der Waals surface area contributed by atoms with Crippen molar-refractivity contribution in [1.29, 1.82) is 0 Å². The molecular formula is C12H26BO6P. The molecule has 0 aromatic rings. The molecule has 1 saturated heterocycles. The van der Waals surface area contributed by atoms with Crippen molar-refractivity contribution in [3.63, 3.8) is 0 Å². The summed E-state index contributed by atoms with van der Waals surface area (Å²) < 4.78 is 33.6. The number of phosphoric acid groups is 1. The molecule has 1 unspecified atom stereocenters. The van der Waals surface area contributed by atoms with Gasteiger partial charge in [-0.1, -0.05) is 0 Å². The van der Waals surface area contributed by atoms with E-state index < -0.39 is 19.5 Å². The molecule has 1 N–H and O–H groups in total. The zero-order valence-corrected chi connectivity index (χ0v) is 14.1. The SMILES string of the molecule is B[C@H]1C[C@H](OP(=O)(O)OC(C)C)[C@@](C)(COC(C)C)O1. The van der Waals surface area contributed by atoms with Gasteiger partial charge in [-0.25, -0.2) is 4.57 Å². The predicted octanol–water partition coefficient (Wildman–Crippen LogP) is 1.46. The van der Waals surface area contributed by atoms with Gasteiger partial charge in [0.15, 0.2) is 0 Å². The van der Waals surface area contributed by atoms with Crippen LogP contribution >= 0.6 is 7.82 Å². The molecule has 118 valence electrons. The van der Waals surface area contributed by atoms with Gasteiger partial charge >= 0.3 is 7.82 Å². The normalized spacial score (nSPS) is 33.8. The fourth-order valence-electron chi connectivity index (χ4n) is 2.20. The van der Waals surface area contributed by atoms with Crippen LogP contribution in [-0.2, 0) is 23.1 Å². The third-order valence-corrected chi connectivity index (χ3v) is 4.21. The molecule has 0 amide bonds. The van der Waals surface area contributed by atoms with Crippen LogP contribution < -0.4 is 0 Å². The van der Waals surface area contributed by atoms with E-state index in [4.69, 9.17) is 18.5 Å². The van der Waals surface area contributed by atoms with Crippen LogP contribution in [0.2, 0.25) is 0 Å². The number of hydrogen-bond donors (Lipinski definition) is 1. The van der Waals surface area contributed by atoms with Crippen molar-refractivity contribution in [3.8, 4) is 0 Å². The monoisotopic (exact) mass is 308 g/mol. The van der Waals surface area contributed by atoms with Gasteiger partial charge in [-0.05, 0) is 41.0 Å². The first-order valence-corrected chi connectivity index (χ1v) is 8.52. The molecule has 4 atom stereocenters. The van der Waals surface area contributed by atoms with Crippen molar-refractivity contribution < 1.29 is 28.0 Å². The van der Waals surface area contributed by atoms with Gasteiger partial charge in [0.2, 0.25) is 0 Å². The highest BCUT2D eigenvalue weighted by atomic mass is 31.2. The largest absolute Gasteiger partial charge is 0.472 e. The lowest BCUT2D eigenvalue weighted by atomic mass is 9.93. The number of rotatable bonds is 7. The van der Waals surface area contributed by atoms with Crippen molar-refractivity contribution in [2.45, 2.75) is 71.0 Å². The number of hydrogen-bond acceptors (Lipinski definition) is 5. The van der Waals surface area contributed by atoms with E-state index >= 15 is 0 Å². The summed E-state index contributed by atoms with van der Waals surface area (Å²) in [6.07, 6.45) is -0.335. The Hall–Kier alpha value is 0.0949. The molecule has 0 saturated carbocycles. The maximum Gasteiger partial charge on any atom is 0.472 e. The zero-order valence-electron chi connectivity index (χ0n) is 13.2. The minimum atomic E-state index is -4.09. The van der Waals surface area contributed by atoms with Gasteiger partial charge in [-0.15, -0.1) is 0 Å². The van der Waals surface area contributed by atoms with Gasteiger partial charge < -0.3 is 14.4 Å². The summed E-state index contributed by atoms with van der Waals surface area (Å²) in [5.41, 5.74) is -0.748. The second-order valence-electron chi connectivity index (χ2n) is 6.05. The second-order valence-corrected chi connectivity index (χ2v) is 7.41. The molecule has 0 spiro atoms. The first-order valence-electron chi connectivity index (χ1n) is 7.03. The van der Waals surface area contributed by atoms with Crippen LogP contribution in [0, 0.1) is 0 Å². The van der Waals surface area contributed by atoms with E-state index in [0.717, 1.165) is 0 Å². The summed E-state index contributed by atoms with van der Waals surface area (Å²) in [6.45, 7) is 9.36. The van der Waals surface area contributed by atoms with E-state index in [-0.39, 0.29) is 18.2 Å². The number of phosphoric ester groups is 1. The molecule has 8 heteroatoms. The van der Waals surface area contributed by atoms with Crippen molar-refractivity contribution in [1.82, 2.24) is 0 Å². The lowest BCUT2D eigenvalue weighted by molar-refractivity contribution is -0.112. The van der Waals surface area contributed by atoms with E-state index in [1.54, 1.807) is 13.8 Å². The molecular weight excluding hydrogens is 282 g/mol. The van der Waals surface area contributed by atoms with Crippen molar-refractivity contribution in [2.24, 2.45) is 0 Å². The molecule has 0 aromatic heterocycles. The van der Waals surface area contributed by atoms with Gasteiger partial charge in [-0.3, -0.25) is 9.05 Å². The molecule has 0 aliphatic carbocycles. The molecule has 0 bridgehead atoms. The van der Waals surface area contributed by atoms with Crippen molar-refractivity contribution >= 4 is 15.7 Å². The summed E-state index contributed by atoms with van der Waals surface area (Å²) in [7, 11) is -2.18. The zero-order chi connectivity index (χ0) is 15.6. The van der Waals surface area contributed by atoms with Crippen LogP contribution in [0.4, 0.5) is 0 Å². The quantitative estimate of drug-likeness (QED) is 0.567. The Morgan fingerprint density at radius 2 is 2.00 bits per heavy atom. The third-order valence-electron chi connectivity index (χ3n) is 3.01. The third kappa shape index (κ3) is 5.47. The fourth-order valence-corrected chi connectivity index (χ4v) is 3.41. The smallest absolute Gasteiger partial charge is 0.376 e.